The zero-order valence-electron chi connectivity index (χ0n) is 11.4. The van der Waals surface area contributed by atoms with E-state index in [0.717, 1.165) is 6.07 Å². The Morgan fingerprint density at radius 3 is 2.62 bits per heavy atom. The minimum Gasteiger partial charge on any atom is -0.488 e. The lowest BCUT2D eigenvalue weighted by molar-refractivity contribution is 0.299. The van der Waals surface area contributed by atoms with Crippen molar-refractivity contribution in [3.8, 4) is 11.8 Å². The van der Waals surface area contributed by atoms with Crippen LogP contribution in [-0.4, -0.2) is 0 Å². The van der Waals surface area contributed by atoms with Crippen LogP contribution in [-0.2, 0) is 6.61 Å². The fourth-order valence-electron chi connectivity index (χ4n) is 1.97. The summed E-state index contributed by atoms with van der Waals surface area (Å²) >= 11 is 0. The standard InChI is InChI=1S/C16H14F2N2O/c1-10(20)15-3-2-13(17)7-16(15)21-9-12-4-11(8-19)5-14(18)6-12/h2-7,10H,9,20H2,1H3/t10-/m1/s1. The van der Waals surface area contributed by atoms with E-state index < -0.39 is 11.6 Å². The molecule has 21 heavy (non-hydrogen) atoms. The van der Waals surface area contributed by atoms with Crippen LogP contribution in [0, 0.1) is 23.0 Å². The normalized spacial score (nSPS) is 11.8. The van der Waals surface area contributed by atoms with Crippen molar-refractivity contribution in [2.45, 2.75) is 19.6 Å². The van der Waals surface area contributed by atoms with Crippen LogP contribution in [0.25, 0.3) is 0 Å². The molecule has 0 spiro atoms. The Bertz CT molecular complexity index is 693. The third-order valence-corrected chi connectivity index (χ3v) is 2.95. The fourth-order valence-corrected chi connectivity index (χ4v) is 1.97. The zero-order valence-corrected chi connectivity index (χ0v) is 11.4. The predicted molar refractivity (Wildman–Crippen MR) is 74.4 cm³/mol. The summed E-state index contributed by atoms with van der Waals surface area (Å²) < 4.78 is 32.1. The van der Waals surface area contributed by atoms with Crippen LogP contribution >= 0.6 is 0 Å². The summed E-state index contributed by atoms with van der Waals surface area (Å²) in [6, 6.07) is 9.59. The first-order valence-corrected chi connectivity index (χ1v) is 6.37. The molecule has 0 aromatic heterocycles. The molecule has 0 aliphatic carbocycles. The van der Waals surface area contributed by atoms with Crippen molar-refractivity contribution >= 4 is 0 Å². The summed E-state index contributed by atoms with van der Waals surface area (Å²) in [5, 5.41) is 8.80. The highest BCUT2D eigenvalue weighted by molar-refractivity contribution is 5.37. The Labute approximate surface area is 121 Å². The SMILES string of the molecule is C[C@@H](N)c1ccc(F)cc1OCc1cc(F)cc(C#N)c1. The molecule has 0 aliphatic heterocycles. The van der Waals surface area contributed by atoms with Gasteiger partial charge in [-0.3, -0.25) is 0 Å². The number of ether oxygens (including phenoxy) is 1. The molecule has 0 heterocycles. The van der Waals surface area contributed by atoms with Crippen molar-refractivity contribution in [1.82, 2.24) is 0 Å². The fraction of sp³-hybridized carbons (Fsp3) is 0.188. The molecule has 0 unspecified atom stereocenters. The lowest BCUT2D eigenvalue weighted by Crippen LogP contribution is -2.08. The van der Waals surface area contributed by atoms with Crippen LogP contribution < -0.4 is 10.5 Å². The van der Waals surface area contributed by atoms with Crippen LogP contribution in [0.4, 0.5) is 8.78 Å². The summed E-state index contributed by atoms with van der Waals surface area (Å²) in [5.41, 5.74) is 7.16. The van der Waals surface area contributed by atoms with E-state index in [1.807, 2.05) is 6.07 Å². The minimum absolute atomic E-state index is 0.0234. The van der Waals surface area contributed by atoms with E-state index in [4.69, 9.17) is 15.7 Å². The number of rotatable bonds is 4. The molecule has 108 valence electrons. The largest absolute Gasteiger partial charge is 0.488 e. The van der Waals surface area contributed by atoms with Crippen LogP contribution in [0.15, 0.2) is 36.4 Å². The summed E-state index contributed by atoms with van der Waals surface area (Å²) in [7, 11) is 0. The summed E-state index contributed by atoms with van der Waals surface area (Å²) in [6.07, 6.45) is 0. The van der Waals surface area contributed by atoms with E-state index in [0.29, 0.717) is 16.9 Å². The van der Waals surface area contributed by atoms with E-state index in [9.17, 15) is 8.78 Å². The van der Waals surface area contributed by atoms with E-state index in [-0.39, 0.29) is 18.2 Å². The van der Waals surface area contributed by atoms with Gasteiger partial charge >= 0.3 is 0 Å². The van der Waals surface area contributed by atoms with Crippen LogP contribution in [0.1, 0.15) is 29.7 Å². The highest BCUT2D eigenvalue weighted by Gasteiger charge is 2.10. The highest BCUT2D eigenvalue weighted by atomic mass is 19.1. The topological polar surface area (TPSA) is 59.0 Å². The summed E-state index contributed by atoms with van der Waals surface area (Å²) in [4.78, 5) is 0. The van der Waals surface area contributed by atoms with Gasteiger partial charge in [-0.1, -0.05) is 6.07 Å². The van der Waals surface area contributed by atoms with Gasteiger partial charge in [-0.2, -0.15) is 5.26 Å². The first kappa shape index (κ1) is 14.9. The molecule has 2 N–H and O–H groups in total. The van der Waals surface area contributed by atoms with Gasteiger partial charge in [0.15, 0.2) is 0 Å². The number of benzene rings is 2. The third-order valence-electron chi connectivity index (χ3n) is 2.95. The average Bonchev–Trinajstić information content (AvgIpc) is 2.44. The van der Waals surface area contributed by atoms with E-state index in [1.54, 1.807) is 13.0 Å². The lowest BCUT2D eigenvalue weighted by atomic mass is 10.1. The molecular formula is C16H14F2N2O. The second kappa shape index (κ2) is 6.33. The molecule has 0 amide bonds. The maximum atomic E-state index is 13.3. The van der Waals surface area contributed by atoms with Gasteiger partial charge in [0.2, 0.25) is 0 Å². The molecule has 0 bridgehead atoms. The molecule has 0 saturated heterocycles. The minimum atomic E-state index is -0.515. The molecule has 2 aromatic carbocycles. The zero-order chi connectivity index (χ0) is 15.4. The predicted octanol–water partition coefficient (Wildman–Crippen LogP) is 3.44. The Kier molecular flexibility index (Phi) is 4.51. The van der Waals surface area contributed by atoms with Crippen LogP contribution in [0.2, 0.25) is 0 Å². The molecule has 2 aromatic rings. The van der Waals surface area contributed by atoms with Crippen molar-refractivity contribution in [2.75, 3.05) is 0 Å². The van der Waals surface area contributed by atoms with Crippen molar-refractivity contribution in [1.29, 1.82) is 5.26 Å². The highest BCUT2D eigenvalue weighted by Crippen LogP contribution is 2.26. The average molecular weight is 288 g/mol. The number of nitrogens with zero attached hydrogens (tertiary/aromatic N) is 1. The molecule has 3 nitrogen and oxygen atoms in total. The summed E-state index contributed by atoms with van der Waals surface area (Å²) in [6.45, 7) is 1.78. The van der Waals surface area contributed by atoms with Crippen LogP contribution in [0.5, 0.6) is 5.75 Å². The summed E-state index contributed by atoms with van der Waals surface area (Å²) in [5.74, 6) is -0.640. The molecule has 1 atom stereocenters. The van der Waals surface area contributed by atoms with Gasteiger partial charge in [-0.05, 0) is 36.8 Å². The Morgan fingerprint density at radius 2 is 1.95 bits per heavy atom. The van der Waals surface area contributed by atoms with Gasteiger partial charge in [0.25, 0.3) is 0 Å². The lowest BCUT2D eigenvalue weighted by Gasteiger charge is -2.14. The number of hydrogen-bond donors (Lipinski definition) is 1. The van der Waals surface area contributed by atoms with Crippen molar-refractivity contribution < 1.29 is 13.5 Å². The second-order valence-electron chi connectivity index (χ2n) is 4.72. The van der Waals surface area contributed by atoms with Gasteiger partial charge in [0.1, 0.15) is 24.0 Å². The monoisotopic (exact) mass is 288 g/mol. The van der Waals surface area contributed by atoms with Gasteiger partial charge in [0, 0.05) is 17.7 Å². The number of nitrogens with two attached hydrogens (primary N) is 1. The number of halogens is 2. The van der Waals surface area contributed by atoms with E-state index in [2.05, 4.69) is 0 Å². The van der Waals surface area contributed by atoms with Crippen molar-refractivity contribution in [3.63, 3.8) is 0 Å². The first-order valence-electron chi connectivity index (χ1n) is 6.37. The molecule has 0 saturated carbocycles. The Hall–Kier alpha value is -2.45. The van der Waals surface area contributed by atoms with Crippen molar-refractivity contribution in [3.05, 3.63) is 64.7 Å². The smallest absolute Gasteiger partial charge is 0.127 e. The molecule has 0 aliphatic rings. The van der Waals surface area contributed by atoms with E-state index in [1.165, 1.54) is 24.3 Å². The molecular weight excluding hydrogens is 274 g/mol. The maximum absolute atomic E-state index is 13.3. The molecule has 0 radical (unpaired) electrons. The quantitative estimate of drug-likeness (QED) is 0.937. The first-order chi connectivity index (χ1) is 9.99. The van der Waals surface area contributed by atoms with Crippen LogP contribution in [0.3, 0.4) is 0 Å². The van der Waals surface area contributed by atoms with E-state index >= 15 is 0 Å². The number of nitriles is 1. The van der Waals surface area contributed by atoms with Gasteiger partial charge in [-0.15, -0.1) is 0 Å². The molecule has 0 fully saturated rings. The Balaban J connectivity index is 2.22. The molecule has 5 heteroatoms. The van der Waals surface area contributed by atoms with Crippen molar-refractivity contribution in [2.24, 2.45) is 5.73 Å². The third kappa shape index (κ3) is 3.77. The molecule has 2 rings (SSSR count). The van der Waals surface area contributed by atoms with Gasteiger partial charge in [0.05, 0.1) is 11.6 Å². The Morgan fingerprint density at radius 1 is 1.19 bits per heavy atom. The number of hydrogen-bond acceptors (Lipinski definition) is 3. The maximum Gasteiger partial charge on any atom is 0.127 e. The second-order valence-corrected chi connectivity index (χ2v) is 4.72. The van der Waals surface area contributed by atoms with Gasteiger partial charge < -0.3 is 10.5 Å². The van der Waals surface area contributed by atoms with Gasteiger partial charge in [-0.25, -0.2) is 8.78 Å².